The van der Waals surface area contributed by atoms with Gasteiger partial charge in [-0.2, -0.15) is 0 Å². The summed E-state index contributed by atoms with van der Waals surface area (Å²) in [6.07, 6.45) is 0.521. The second-order valence-electron chi connectivity index (χ2n) is 5.71. The van der Waals surface area contributed by atoms with Crippen molar-refractivity contribution in [2.45, 2.75) is 19.4 Å². The summed E-state index contributed by atoms with van der Waals surface area (Å²) in [6.45, 7) is 2.29. The topological polar surface area (TPSA) is 64.3 Å². The molecule has 116 valence electrons. The maximum atomic E-state index is 14.0. The minimum Gasteiger partial charge on any atom is -0.488 e. The molecule has 1 aliphatic heterocycles. The first-order valence-corrected chi connectivity index (χ1v) is 7.20. The maximum absolute atomic E-state index is 14.0. The number of aromatic nitrogens is 2. The van der Waals surface area contributed by atoms with Gasteiger partial charge in [0.2, 0.25) is 5.95 Å². The van der Waals surface area contributed by atoms with Crippen LogP contribution in [-0.2, 0) is 6.42 Å². The van der Waals surface area contributed by atoms with Crippen LogP contribution in [0.15, 0.2) is 18.2 Å². The molecule has 0 fully saturated rings. The fourth-order valence-corrected chi connectivity index (χ4v) is 2.61. The van der Waals surface area contributed by atoms with Gasteiger partial charge in [0.15, 0.2) is 0 Å². The molecular formula is C16H19FN4O. The Balaban J connectivity index is 2.14. The predicted octanol–water partition coefficient (Wildman–Crippen LogP) is 1.92. The maximum Gasteiger partial charge on any atom is 0.225 e. The fraction of sp³-hybridized carbons (Fsp3) is 0.375. The Morgan fingerprint density at radius 1 is 1.32 bits per heavy atom. The van der Waals surface area contributed by atoms with E-state index < -0.39 is 0 Å². The molecule has 0 saturated carbocycles. The molecule has 6 heteroatoms. The second-order valence-corrected chi connectivity index (χ2v) is 5.71. The first-order valence-electron chi connectivity index (χ1n) is 7.20. The molecule has 2 N–H and O–H groups in total. The van der Waals surface area contributed by atoms with Crippen LogP contribution in [0.2, 0.25) is 0 Å². The molecule has 0 bridgehead atoms. The zero-order chi connectivity index (χ0) is 15.9. The Labute approximate surface area is 128 Å². The van der Waals surface area contributed by atoms with Gasteiger partial charge in [-0.05, 0) is 25.1 Å². The minimum atomic E-state index is -0.294. The Morgan fingerprint density at radius 3 is 2.77 bits per heavy atom. The van der Waals surface area contributed by atoms with Crippen molar-refractivity contribution in [2.24, 2.45) is 5.73 Å². The van der Waals surface area contributed by atoms with Crippen molar-refractivity contribution in [3.05, 3.63) is 35.3 Å². The average Bonchev–Trinajstić information content (AvgIpc) is 2.88. The van der Waals surface area contributed by atoms with Gasteiger partial charge in [-0.25, -0.2) is 14.4 Å². The summed E-state index contributed by atoms with van der Waals surface area (Å²) in [7, 11) is 3.74. The highest BCUT2D eigenvalue weighted by Gasteiger charge is 2.26. The molecule has 2 aromatic rings. The number of fused-ring (bicyclic) bond motifs is 1. The zero-order valence-electron chi connectivity index (χ0n) is 12.9. The molecule has 1 atom stereocenters. The highest BCUT2D eigenvalue weighted by molar-refractivity contribution is 5.71. The summed E-state index contributed by atoms with van der Waals surface area (Å²) in [5, 5.41) is 0. The molecular weight excluding hydrogens is 283 g/mol. The van der Waals surface area contributed by atoms with Crippen molar-refractivity contribution >= 4 is 5.95 Å². The van der Waals surface area contributed by atoms with E-state index in [2.05, 4.69) is 9.97 Å². The number of nitrogens with two attached hydrogens (primary N) is 1. The van der Waals surface area contributed by atoms with Gasteiger partial charge in [0.05, 0.1) is 5.69 Å². The third kappa shape index (κ3) is 2.62. The van der Waals surface area contributed by atoms with E-state index in [1.54, 1.807) is 0 Å². The molecule has 0 saturated heterocycles. The summed E-state index contributed by atoms with van der Waals surface area (Å²) < 4.78 is 19.8. The van der Waals surface area contributed by atoms with Crippen LogP contribution in [0.4, 0.5) is 10.3 Å². The van der Waals surface area contributed by atoms with Crippen molar-refractivity contribution < 1.29 is 9.13 Å². The van der Waals surface area contributed by atoms with E-state index in [-0.39, 0.29) is 11.9 Å². The first kappa shape index (κ1) is 14.7. The van der Waals surface area contributed by atoms with E-state index >= 15 is 0 Å². The molecule has 22 heavy (non-hydrogen) atoms. The molecule has 2 heterocycles. The van der Waals surface area contributed by atoms with Crippen molar-refractivity contribution in [3.8, 4) is 17.0 Å². The summed E-state index contributed by atoms with van der Waals surface area (Å²) in [5.74, 6) is 0.971. The number of hydrogen-bond acceptors (Lipinski definition) is 5. The lowest BCUT2D eigenvalue weighted by Crippen LogP contribution is -2.24. The minimum absolute atomic E-state index is 0.105. The van der Waals surface area contributed by atoms with Gasteiger partial charge >= 0.3 is 0 Å². The number of nitrogens with zero attached hydrogens (tertiary/aromatic N) is 3. The van der Waals surface area contributed by atoms with E-state index in [0.717, 1.165) is 11.3 Å². The van der Waals surface area contributed by atoms with E-state index in [1.807, 2.05) is 32.0 Å². The van der Waals surface area contributed by atoms with Gasteiger partial charge in [0, 0.05) is 43.9 Å². The Morgan fingerprint density at radius 2 is 2.09 bits per heavy atom. The largest absolute Gasteiger partial charge is 0.488 e. The molecule has 0 amide bonds. The normalized spacial score (nSPS) is 16.3. The number of anilines is 1. The van der Waals surface area contributed by atoms with Gasteiger partial charge in [-0.3, -0.25) is 0 Å². The van der Waals surface area contributed by atoms with Gasteiger partial charge in [-0.15, -0.1) is 0 Å². The molecule has 0 aliphatic carbocycles. The third-order valence-electron chi connectivity index (χ3n) is 3.64. The van der Waals surface area contributed by atoms with Crippen molar-refractivity contribution in [3.63, 3.8) is 0 Å². The Bertz CT molecular complexity index is 718. The second kappa shape index (κ2) is 5.53. The van der Waals surface area contributed by atoms with Crippen LogP contribution in [-0.4, -0.2) is 36.7 Å². The molecule has 3 rings (SSSR count). The average molecular weight is 302 g/mol. The summed E-state index contributed by atoms with van der Waals surface area (Å²) in [6, 6.07) is 4.80. The lowest BCUT2D eigenvalue weighted by molar-refractivity contribution is 0.242. The molecule has 5 nitrogen and oxygen atoms in total. The number of aryl methyl sites for hydroxylation is 1. The number of benzene rings is 1. The number of halogens is 1. The van der Waals surface area contributed by atoms with Crippen LogP contribution in [0.5, 0.6) is 5.75 Å². The standard InChI is InChI=1S/C16H19FN4O/c1-9-4-14(20-16(19-9)21(2)3)13-7-11(17)5-10-6-12(8-18)22-15(10)13/h4-5,7,12H,6,8,18H2,1-3H3/t12-/m0/s1. The van der Waals surface area contributed by atoms with Gasteiger partial charge < -0.3 is 15.4 Å². The summed E-state index contributed by atoms with van der Waals surface area (Å²) in [4.78, 5) is 10.7. The van der Waals surface area contributed by atoms with Gasteiger partial charge in [0.25, 0.3) is 0 Å². The lowest BCUT2D eigenvalue weighted by Gasteiger charge is -2.14. The molecule has 1 aliphatic rings. The van der Waals surface area contributed by atoms with Crippen LogP contribution < -0.4 is 15.4 Å². The quantitative estimate of drug-likeness (QED) is 0.938. The molecule has 0 unspecified atom stereocenters. The van der Waals surface area contributed by atoms with Crippen molar-refractivity contribution in [1.82, 2.24) is 9.97 Å². The molecule has 0 radical (unpaired) electrons. The predicted molar refractivity (Wildman–Crippen MR) is 83.7 cm³/mol. The van der Waals surface area contributed by atoms with E-state index in [1.165, 1.54) is 12.1 Å². The number of rotatable bonds is 3. The van der Waals surface area contributed by atoms with Crippen LogP contribution in [0.1, 0.15) is 11.3 Å². The monoisotopic (exact) mass is 302 g/mol. The number of ether oxygens (including phenoxy) is 1. The van der Waals surface area contributed by atoms with E-state index in [0.29, 0.717) is 35.9 Å². The summed E-state index contributed by atoms with van der Waals surface area (Å²) >= 11 is 0. The van der Waals surface area contributed by atoms with Gasteiger partial charge in [0.1, 0.15) is 17.7 Å². The van der Waals surface area contributed by atoms with Gasteiger partial charge in [-0.1, -0.05) is 0 Å². The SMILES string of the molecule is Cc1cc(-c2cc(F)cc3c2O[C@H](CN)C3)nc(N(C)C)n1. The van der Waals surface area contributed by atoms with Crippen molar-refractivity contribution in [2.75, 3.05) is 25.5 Å². The van der Waals surface area contributed by atoms with Crippen LogP contribution in [0.25, 0.3) is 11.3 Å². The highest BCUT2D eigenvalue weighted by Crippen LogP contribution is 2.39. The summed E-state index contributed by atoms with van der Waals surface area (Å²) in [5.41, 5.74) is 8.65. The van der Waals surface area contributed by atoms with E-state index in [4.69, 9.17) is 10.5 Å². The fourth-order valence-electron chi connectivity index (χ4n) is 2.61. The smallest absolute Gasteiger partial charge is 0.225 e. The molecule has 0 spiro atoms. The third-order valence-corrected chi connectivity index (χ3v) is 3.64. The number of hydrogen-bond donors (Lipinski definition) is 1. The molecule has 1 aromatic carbocycles. The Kier molecular flexibility index (Phi) is 3.70. The first-order chi connectivity index (χ1) is 10.5. The highest BCUT2D eigenvalue weighted by atomic mass is 19.1. The van der Waals surface area contributed by atoms with Crippen molar-refractivity contribution in [1.29, 1.82) is 0 Å². The van der Waals surface area contributed by atoms with Crippen LogP contribution >= 0.6 is 0 Å². The van der Waals surface area contributed by atoms with Crippen LogP contribution in [0.3, 0.4) is 0 Å². The molecule has 1 aromatic heterocycles. The Hall–Kier alpha value is -2.21. The van der Waals surface area contributed by atoms with Crippen LogP contribution in [0, 0.1) is 12.7 Å². The van der Waals surface area contributed by atoms with E-state index in [9.17, 15) is 4.39 Å². The zero-order valence-corrected chi connectivity index (χ0v) is 12.9. The lowest BCUT2D eigenvalue weighted by atomic mass is 10.0.